The number of nitrogens with one attached hydrogen (secondary N) is 2. The van der Waals surface area contributed by atoms with Crippen LogP contribution >= 0.6 is 0 Å². The molecule has 0 aliphatic heterocycles. The van der Waals surface area contributed by atoms with E-state index in [1.54, 1.807) is 25.7 Å². The Morgan fingerprint density at radius 2 is 1.50 bits per heavy atom. The molecule has 3 aromatic carbocycles. The highest BCUT2D eigenvalue weighted by atomic mass is 16.6. The van der Waals surface area contributed by atoms with E-state index in [9.17, 15) is 14.4 Å². The number of hydrogen-bond acceptors (Lipinski definition) is 4. The van der Waals surface area contributed by atoms with Gasteiger partial charge in [-0.1, -0.05) is 80.4 Å². The van der Waals surface area contributed by atoms with E-state index >= 15 is 0 Å². The summed E-state index contributed by atoms with van der Waals surface area (Å²) >= 11 is 0. The second-order valence-corrected chi connectivity index (χ2v) is 12.7. The van der Waals surface area contributed by atoms with Crippen molar-refractivity contribution in [2.75, 3.05) is 5.32 Å². The number of amides is 3. The monoisotopic (exact) mass is 573 g/mol. The number of ether oxygens (including phenoxy) is 1. The quantitative estimate of drug-likeness (QED) is 0.260. The van der Waals surface area contributed by atoms with Gasteiger partial charge in [0, 0.05) is 11.7 Å². The number of aryl methyl sites for hydroxylation is 2. The summed E-state index contributed by atoms with van der Waals surface area (Å²) in [5.41, 5.74) is 2.65. The minimum atomic E-state index is -0.924. The van der Waals surface area contributed by atoms with Crippen molar-refractivity contribution in [3.8, 4) is 0 Å². The van der Waals surface area contributed by atoms with Crippen molar-refractivity contribution < 1.29 is 19.1 Å². The summed E-state index contributed by atoms with van der Waals surface area (Å²) < 4.78 is 5.50. The second-order valence-electron chi connectivity index (χ2n) is 12.7. The Bertz CT molecular complexity index is 1390. The maximum atomic E-state index is 14.5. The summed E-state index contributed by atoms with van der Waals surface area (Å²) in [6.07, 6.45) is 0.364. The van der Waals surface area contributed by atoms with Gasteiger partial charge in [0.05, 0.1) is 0 Å². The Morgan fingerprint density at radius 3 is 2.07 bits per heavy atom. The number of rotatable bonds is 10. The van der Waals surface area contributed by atoms with Crippen LogP contribution in [-0.4, -0.2) is 40.5 Å². The summed E-state index contributed by atoms with van der Waals surface area (Å²) in [6, 6.07) is 17.6. The highest BCUT2D eigenvalue weighted by Gasteiger charge is 2.39. The molecule has 0 aromatic heterocycles. The molecule has 2 N–H and O–H groups in total. The first-order valence-corrected chi connectivity index (χ1v) is 14.9. The van der Waals surface area contributed by atoms with E-state index in [2.05, 4.69) is 10.6 Å². The van der Waals surface area contributed by atoms with Crippen molar-refractivity contribution in [3.05, 3.63) is 77.4 Å². The molecule has 3 rings (SSSR count). The highest BCUT2D eigenvalue weighted by Crippen LogP contribution is 2.30. The predicted molar refractivity (Wildman–Crippen MR) is 170 cm³/mol. The molecule has 0 heterocycles. The van der Waals surface area contributed by atoms with Crippen molar-refractivity contribution in [1.82, 2.24) is 10.2 Å². The third-order valence-electron chi connectivity index (χ3n) is 7.12. The number of carbonyl (C=O) groups excluding carboxylic acids is 3. The normalized spacial score (nSPS) is 13.8. The predicted octanol–water partition coefficient (Wildman–Crippen LogP) is 7.70. The van der Waals surface area contributed by atoms with Crippen molar-refractivity contribution in [1.29, 1.82) is 0 Å². The first kappa shape index (κ1) is 32.6. The Labute approximate surface area is 251 Å². The number of nitrogens with zero attached hydrogens (tertiary/aromatic N) is 1. The van der Waals surface area contributed by atoms with E-state index in [0.29, 0.717) is 18.5 Å². The zero-order valence-electron chi connectivity index (χ0n) is 26.6. The van der Waals surface area contributed by atoms with Gasteiger partial charge in [0.15, 0.2) is 0 Å². The van der Waals surface area contributed by atoms with Gasteiger partial charge in [-0.05, 0) is 88.8 Å². The van der Waals surface area contributed by atoms with Crippen LogP contribution in [0.25, 0.3) is 10.8 Å². The van der Waals surface area contributed by atoms with E-state index < -0.39 is 23.8 Å². The maximum Gasteiger partial charge on any atom is 0.408 e. The molecule has 0 bridgehead atoms. The maximum absolute atomic E-state index is 14.5. The Hall–Kier alpha value is -3.87. The summed E-state index contributed by atoms with van der Waals surface area (Å²) in [5.74, 6) is -0.523. The van der Waals surface area contributed by atoms with Crippen LogP contribution in [0, 0.1) is 19.8 Å². The average Bonchev–Trinajstić information content (AvgIpc) is 2.88. The molecule has 7 heteroatoms. The Kier molecular flexibility index (Phi) is 10.8. The van der Waals surface area contributed by atoms with Gasteiger partial charge in [0.25, 0.3) is 5.91 Å². The topological polar surface area (TPSA) is 87.7 Å². The first-order chi connectivity index (χ1) is 19.7. The van der Waals surface area contributed by atoms with E-state index in [1.807, 2.05) is 102 Å². The number of carbonyl (C=O) groups is 3. The molecule has 42 heavy (non-hydrogen) atoms. The Balaban J connectivity index is 2.09. The lowest BCUT2D eigenvalue weighted by molar-refractivity contribution is -0.143. The van der Waals surface area contributed by atoms with Crippen molar-refractivity contribution in [3.63, 3.8) is 0 Å². The van der Waals surface area contributed by atoms with Gasteiger partial charge in [-0.15, -0.1) is 0 Å². The summed E-state index contributed by atoms with van der Waals surface area (Å²) in [4.78, 5) is 43.2. The summed E-state index contributed by atoms with van der Waals surface area (Å²) in [6.45, 7) is 17.2. The molecule has 3 unspecified atom stereocenters. The molecular weight excluding hydrogens is 526 g/mol. The number of fused-ring (bicyclic) bond motifs is 1. The van der Waals surface area contributed by atoms with Crippen molar-refractivity contribution in [2.45, 2.75) is 98.9 Å². The third kappa shape index (κ3) is 8.81. The van der Waals surface area contributed by atoms with Gasteiger partial charge >= 0.3 is 6.09 Å². The van der Waals surface area contributed by atoms with E-state index in [-0.39, 0.29) is 23.8 Å². The SMILES string of the molecule is CCC(C)N(C(=O)C(CC(C)C)NC(=O)OC(C)(C)C)C(C(=O)Nc1ccc2ccccc2c1)c1cc(C)cc(C)c1. The minimum absolute atomic E-state index is 0.110. The van der Waals surface area contributed by atoms with Gasteiger partial charge in [-0.2, -0.15) is 0 Å². The molecule has 0 saturated heterocycles. The largest absolute Gasteiger partial charge is 0.444 e. The van der Waals surface area contributed by atoms with Crippen LogP contribution in [0.2, 0.25) is 0 Å². The average molecular weight is 574 g/mol. The molecule has 3 atom stereocenters. The molecule has 226 valence electrons. The van der Waals surface area contributed by atoms with Gasteiger partial charge in [-0.3, -0.25) is 9.59 Å². The molecular formula is C35H47N3O4. The number of benzene rings is 3. The Morgan fingerprint density at radius 1 is 0.881 bits per heavy atom. The van der Waals surface area contributed by atoms with Crippen LogP contribution < -0.4 is 10.6 Å². The van der Waals surface area contributed by atoms with Crippen LogP contribution in [0.1, 0.15) is 84.0 Å². The zero-order chi connectivity index (χ0) is 31.2. The van der Waals surface area contributed by atoms with E-state index in [1.165, 1.54) is 0 Å². The zero-order valence-corrected chi connectivity index (χ0v) is 26.6. The summed E-state index contributed by atoms with van der Waals surface area (Å²) in [7, 11) is 0. The van der Waals surface area contributed by atoms with Crippen molar-refractivity contribution >= 4 is 34.4 Å². The number of anilines is 1. The lowest BCUT2D eigenvalue weighted by atomic mass is 9.95. The number of hydrogen-bond donors (Lipinski definition) is 2. The van der Waals surface area contributed by atoms with Crippen molar-refractivity contribution in [2.24, 2.45) is 5.92 Å². The van der Waals surface area contributed by atoms with E-state index in [0.717, 1.165) is 27.5 Å². The van der Waals surface area contributed by atoms with E-state index in [4.69, 9.17) is 4.74 Å². The van der Waals surface area contributed by atoms with Crippen LogP contribution in [0.3, 0.4) is 0 Å². The molecule has 0 saturated carbocycles. The smallest absolute Gasteiger partial charge is 0.408 e. The molecule has 0 aliphatic rings. The van der Waals surface area contributed by atoms with Crippen LogP contribution in [0.4, 0.5) is 10.5 Å². The molecule has 0 spiro atoms. The molecule has 3 aromatic rings. The van der Waals surface area contributed by atoms with Gasteiger partial charge in [0.1, 0.15) is 17.7 Å². The molecule has 3 amide bonds. The summed E-state index contributed by atoms with van der Waals surface area (Å²) in [5, 5.41) is 7.99. The van der Waals surface area contributed by atoms with Crippen LogP contribution in [0.15, 0.2) is 60.7 Å². The lowest BCUT2D eigenvalue weighted by Gasteiger charge is -2.38. The first-order valence-electron chi connectivity index (χ1n) is 14.9. The lowest BCUT2D eigenvalue weighted by Crippen LogP contribution is -2.55. The fraction of sp³-hybridized carbons (Fsp3) is 0.457. The fourth-order valence-electron chi connectivity index (χ4n) is 5.20. The van der Waals surface area contributed by atoms with Crippen LogP contribution in [-0.2, 0) is 14.3 Å². The molecule has 7 nitrogen and oxygen atoms in total. The minimum Gasteiger partial charge on any atom is -0.444 e. The second kappa shape index (κ2) is 13.9. The molecule has 0 aliphatic carbocycles. The van der Waals surface area contributed by atoms with Crippen LogP contribution in [0.5, 0.6) is 0 Å². The van der Waals surface area contributed by atoms with Gasteiger partial charge < -0.3 is 20.3 Å². The standard InChI is InChI=1S/C35H47N3O4/c1-10-25(6)38(33(40)30(17-22(2)3)37-34(41)42-35(7,8)9)31(28-19-23(4)18-24(5)20-28)32(39)36-29-16-15-26-13-11-12-14-27(26)21-29/h11-16,18-22,25,30-31H,10,17H2,1-9H3,(H,36,39)(H,37,41). The molecule has 0 fully saturated rings. The number of alkyl carbamates (subject to hydrolysis) is 1. The fourth-order valence-corrected chi connectivity index (χ4v) is 5.20. The highest BCUT2D eigenvalue weighted by molar-refractivity contribution is 6.00. The van der Waals surface area contributed by atoms with Gasteiger partial charge in [-0.25, -0.2) is 4.79 Å². The molecule has 0 radical (unpaired) electrons. The van der Waals surface area contributed by atoms with Gasteiger partial charge in [0.2, 0.25) is 5.91 Å². The third-order valence-corrected chi connectivity index (χ3v) is 7.12.